The van der Waals surface area contributed by atoms with Gasteiger partial charge in [-0.15, -0.1) is 12.4 Å². The van der Waals surface area contributed by atoms with Crippen molar-refractivity contribution in [1.29, 1.82) is 0 Å². The summed E-state index contributed by atoms with van der Waals surface area (Å²) in [7, 11) is 0. The quantitative estimate of drug-likeness (QED) is 0.867. The van der Waals surface area contributed by atoms with Crippen molar-refractivity contribution in [2.24, 2.45) is 5.92 Å². The van der Waals surface area contributed by atoms with Gasteiger partial charge < -0.3 is 15.0 Å². The average Bonchev–Trinajstić information content (AvgIpc) is 2.63. The zero-order chi connectivity index (χ0) is 16.8. The summed E-state index contributed by atoms with van der Waals surface area (Å²) in [5.41, 5.74) is 0.686. The van der Waals surface area contributed by atoms with Crippen molar-refractivity contribution in [1.82, 2.24) is 15.1 Å². The molecule has 1 aromatic carbocycles. The molecular weight excluding hydrogens is 338 g/mol. The second kappa shape index (κ2) is 10.00. The van der Waals surface area contributed by atoms with Crippen LogP contribution in [-0.2, 0) is 0 Å². The van der Waals surface area contributed by atoms with Gasteiger partial charge in [-0.05, 0) is 50.9 Å². The first kappa shape index (κ1) is 20.0. The van der Waals surface area contributed by atoms with Crippen LogP contribution in [0.2, 0.25) is 0 Å². The predicted octanol–water partition coefficient (Wildman–Crippen LogP) is 2.26. The topological polar surface area (TPSA) is 44.8 Å². The first-order chi connectivity index (χ1) is 11.8. The zero-order valence-electron chi connectivity index (χ0n) is 15.1. The van der Waals surface area contributed by atoms with Crippen molar-refractivity contribution < 1.29 is 9.53 Å². The van der Waals surface area contributed by atoms with Crippen molar-refractivity contribution in [3.05, 3.63) is 29.8 Å². The monoisotopic (exact) mass is 367 g/mol. The van der Waals surface area contributed by atoms with Crippen LogP contribution in [0.5, 0.6) is 5.75 Å². The van der Waals surface area contributed by atoms with Gasteiger partial charge in [-0.2, -0.15) is 0 Å². The van der Waals surface area contributed by atoms with E-state index in [0.717, 1.165) is 45.2 Å². The van der Waals surface area contributed by atoms with Gasteiger partial charge in [0.05, 0.1) is 12.2 Å². The smallest absolute Gasteiger partial charge is 0.257 e. The summed E-state index contributed by atoms with van der Waals surface area (Å²) in [5.74, 6) is 1.61. The van der Waals surface area contributed by atoms with Crippen LogP contribution >= 0.6 is 12.4 Å². The Morgan fingerprint density at radius 1 is 1.16 bits per heavy atom. The molecule has 2 aliphatic heterocycles. The van der Waals surface area contributed by atoms with Crippen LogP contribution in [0.15, 0.2) is 24.3 Å². The number of carbonyl (C=O) groups excluding carboxylic acids is 1. The maximum Gasteiger partial charge on any atom is 0.257 e. The maximum atomic E-state index is 12.8. The molecule has 1 amide bonds. The molecule has 6 heteroatoms. The molecule has 0 unspecified atom stereocenters. The molecule has 0 spiro atoms. The van der Waals surface area contributed by atoms with Gasteiger partial charge in [0.25, 0.3) is 5.91 Å². The van der Waals surface area contributed by atoms with Crippen molar-refractivity contribution in [2.75, 3.05) is 52.4 Å². The maximum absolute atomic E-state index is 12.8. The number of nitrogens with one attached hydrogen (secondary N) is 1. The number of benzene rings is 1. The Labute approximate surface area is 157 Å². The second-order valence-electron chi connectivity index (χ2n) is 6.72. The molecule has 1 aromatic rings. The van der Waals surface area contributed by atoms with Crippen molar-refractivity contribution in [2.45, 2.75) is 19.8 Å². The summed E-state index contributed by atoms with van der Waals surface area (Å²) in [4.78, 5) is 17.3. The third kappa shape index (κ3) is 5.33. The van der Waals surface area contributed by atoms with Crippen LogP contribution in [0.4, 0.5) is 0 Å². The van der Waals surface area contributed by atoms with Crippen LogP contribution in [0.25, 0.3) is 0 Å². The van der Waals surface area contributed by atoms with Crippen molar-refractivity contribution in [3.8, 4) is 5.75 Å². The van der Waals surface area contributed by atoms with E-state index in [1.807, 2.05) is 36.1 Å². The van der Waals surface area contributed by atoms with E-state index >= 15 is 0 Å². The van der Waals surface area contributed by atoms with Crippen LogP contribution in [0.1, 0.15) is 30.1 Å². The Morgan fingerprint density at radius 2 is 1.84 bits per heavy atom. The van der Waals surface area contributed by atoms with E-state index in [2.05, 4.69) is 10.2 Å². The molecular formula is C19H30ClN3O2. The molecule has 2 fully saturated rings. The average molecular weight is 368 g/mol. The number of hydrogen-bond donors (Lipinski definition) is 1. The van der Waals surface area contributed by atoms with Crippen LogP contribution in [-0.4, -0.2) is 68.1 Å². The lowest BCUT2D eigenvalue weighted by Crippen LogP contribution is -2.50. The van der Waals surface area contributed by atoms with E-state index in [-0.39, 0.29) is 18.3 Å². The number of amides is 1. The lowest BCUT2D eigenvalue weighted by atomic mass is 9.97. The van der Waals surface area contributed by atoms with Crippen LogP contribution < -0.4 is 10.1 Å². The fraction of sp³-hybridized carbons (Fsp3) is 0.632. The molecule has 0 saturated carbocycles. The van der Waals surface area contributed by atoms with E-state index in [4.69, 9.17) is 4.74 Å². The molecule has 2 heterocycles. The molecule has 5 nitrogen and oxygen atoms in total. The molecule has 3 rings (SSSR count). The van der Waals surface area contributed by atoms with Crippen molar-refractivity contribution in [3.63, 3.8) is 0 Å². The lowest BCUT2D eigenvalue weighted by molar-refractivity contribution is 0.0604. The Hall–Kier alpha value is -1.30. The molecule has 0 radical (unpaired) electrons. The molecule has 0 atom stereocenters. The van der Waals surface area contributed by atoms with Gasteiger partial charge in [-0.25, -0.2) is 0 Å². The van der Waals surface area contributed by atoms with Gasteiger partial charge in [0, 0.05) is 32.7 Å². The standard InChI is InChI=1S/C19H29N3O2.ClH/c1-2-24-18-6-4-3-5-17(18)19(23)22-13-11-21(12-14-22)15-16-7-9-20-10-8-16;/h3-6,16,20H,2,7-15H2,1H3;1H. The predicted molar refractivity (Wildman–Crippen MR) is 103 cm³/mol. The third-order valence-corrected chi connectivity index (χ3v) is 5.05. The van der Waals surface area contributed by atoms with Gasteiger partial charge in [0.15, 0.2) is 0 Å². The number of piperazine rings is 1. The molecule has 2 aliphatic rings. The second-order valence-corrected chi connectivity index (χ2v) is 6.72. The highest BCUT2D eigenvalue weighted by atomic mass is 35.5. The molecule has 0 aliphatic carbocycles. The zero-order valence-corrected chi connectivity index (χ0v) is 15.9. The minimum absolute atomic E-state index is 0. The lowest BCUT2D eigenvalue weighted by Gasteiger charge is -2.37. The van der Waals surface area contributed by atoms with Gasteiger partial charge >= 0.3 is 0 Å². The summed E-state index contributed by atoms with van der Waals surface area (Å²) >= 11 is 0. The number of para-hydroxylation sites is 1. The van der Waals surface area contributed by atoms with E-state index in [0.29, 0.717) is 17.9 Å². The summed E-state index contributed by atoms with van der Waals surface area (Å²) < 4.78 is 5.61. The van der Waals surface area contributed by atoms with E-state index in [1.165, 1.54) is 19.4 Å². The fourth-order valence-electron chi connectivity index (χ4n) is 3.66. The van der Waals surface area contributed by atoms with E-state index in [1.54, 1.807) is 0 Å². The number of rotatable bonds is 5. The summed E-state index contributed by atoms with van der Waals surface area (Å²) in [6.45, 7) is 9.58. The molecule has 1 N–H and O–H groups in total. The molecule has 0 bridgehead atoms. The highest BCUT2D eigenvalue weighted by molar-refractivity contribution is 5.97. The van der Waals surface area contributed by atoms with Gasteiger partial charge in [-0.3, -0.25) is 9.69 Å². The number of nitrogens with zero attached hydrogens (tertiary/aromatic N) is 2. The Morgan fingerprint density at radius 3 is 2.52 bits per heavy atom. The minimum Gasteiger partial charge on any atom is -0.493 e. The van der Waals surface area contributed by atoms with Gasteiger partial charge in [-0.1, -0.05) is 12.1 Å². The highest BCUT2D eigenvalue weighted by Crippen LogP contribution is 2.21. The summed E-state index contributed by atoms with van der Waals surface area (Å²) in [6, 6.07) is 7.57. The summed E-state index contributed by atoms with van der Waals surface area (Å²) in [5, 5.41) is 3.42. The molecule has 25 heavy (non-hydrogen) atoms. The number of hydrogen-bond acceptors (Lipinski definition) is 4. The van der Waals surface area contributed by atoms with E-state index < -0.39 is 0 Å². The highest BCUT2D eigenvalue weighted by Gasteiger charge is 2.25. The van der Waals surface area contributed by atoms with Crippen LogP contribution in [0, 0.1) is 5.92 Å². The third-order valence-electron chi connectivity index (χ3n) is 5.05. The SMILES string of the molecule is CCOc1ccccc1C(=O)N1CCN(CC2CCNCC2)CC1.Cl. The number of piperidine rings is 1. The Kier molecular flexibility index (Phi) is 8.00. The van der Waals surface area contributed by atoms with Crippen LogP contribution in [0.3, 0.4) is 0 Å². The summed E-state index contributed by atoms with van der Waals surface area (Å²) in [6.07, 6.45) is 2.56. The normalized spacial score (nSPS) is 19.3. The van der Waals surface area contributed by atoms with Gasteiger partial charge in [0.2, 0.25) is 0 Å². The largest absolute Gasteiger partial charge is 0.493 e. The first-order valence-corrected chi connectivity index (χ1v) is 9.22. The van der Waals surface area contributed by atoms with Crippen molar-refractivity contribution >= 4 is 18.3 Å². The minimum atomic E-state index is 0. The number of ether oxygens (including phenoxy) is 1. The molecule has 2 saturated heterocycles. The number of halogens is 1. The van der Waals surface area contributed by atoms with Gasteiger partial charge in [0.1, 0.15) is 5.75 Å². The number of carbonyl (C=O) groups is 1. The Bertz CT molecular complexity index is 541. The fourth-order valence-corrected chi connectivity index (χ4v) is 3.66. The van der Waals surface area contributed by atoms with E-state index in [9.17, 15) is 4.79 Å². The Balaban J connectivity index is 0.00000225. The first-order valence-electron chi connectivity index (χ1n) is 9.22. The molecule has 0 aromatic heterocycles. The molecule has 140 valence electrons.